The maximum absolute atomic E-state index is 12.8. The molecule has 0 aromatic rings. The predicted octanol–water partition coefficient (Wildman–Crippen LogP) is 3.51. The minimum atomic E-state index is -4.61. The Kier molecular flexibility index (Phi) is 5.41. The van der Waals surface area contributed by atoms with Gasteiger partial charge in [0.2, 0.25) is 5.91 Å². The van der Waals surface area contributed by atoms with E-state index in [1.54, 1.807) is 0 Å². The van der Waals surface area contributed by atoms with Crippen LogP contribution in [0.15, 0.2) is 0 Å². The highest BCUT2D eigenvalue weighted by molar-refractivity contribution is 5.79. The van der Waals surface area contributed by atoms with Crippen molar-refractivity contribution >= 4 is 5.91 Å². The molecular weight excluding hydrogens is 295 g/mol. The Morgan fingerprint density at radius 1 is 1.27 bits per heavy atom. The van der Waals surface area contributed by atoms with E-state index in [2.05, 4.69) is 0 Å². The Bertz CT molecular complexity index is 383. The fourth-order valence-electron chi connectivity index (χ4n) is 3.73. The van der Waals surface area contributed by atoms with E-state index in [1.165, 1.54) is 17.7 Å². The molecular formula is C16H26F3NO2. The molecule has 22 heavy (non-hydrogen) atoms. The number of nitrogens with zero attached hydrogens (tertiary/aromatic N) is 1. The number of alkyl halides is 3. The molecule has 3 nitrogen and oxygen atoms in total. The van der Waals surface area contributed by atoms with Crippen molar-refractivity contribution in [3.8, 4) is 0 Å². The summed E-state index contributed by atoms with van der Waals surface area (Å²) >= 11 is 0. The van der Waals surface area contributed by atoms with Crippen molar-refractivity contribution in [3.63, 3.8) is 0 Å². The van der Waals surface area contributed by atoms with E-state index in [0.717, 1.165) is 25.7 Å². The molecule has 2 fully saturated rings. The highest BCUT2D eigenvalue weighted by Gasteiger charge is 2.55. The molecule has 1 atom stereocenters. The fourth-order valence-corrected chi connectivity index (χ4v) is 3.73. The van der Waals surface area contributed by atoms with Crippen LogP contribution in [0.3, 0.4) is 0 Å². The van der Waals surface area contributed by atoms with Crippen molar-refractivity contribution in [2.75, 3.05) is 13.1 Å². The molecule has 1 amide bonds. The second-order valence-corrected chi connectivity index (χ2v) is 6.85. The molecule has 1 N–H and O–H groups in total. The topological polar surface area (TPSA) is 40.5 Å². The van der Waals surface area contributed by atoms with Crippen molar-refractivity contribution in [1.82, 2.24) is 4.90 Å². The third kappa shape index (κ3) is 3.76. The number of likely N-dealkylation sites (tertiary alicyclic amines) is 1. The third-order valence-corrected chi connectivity index (χ3v) is 5.36. The maximum atomic E-state index is 12.8. The fraction of sp³-hybridized carbons (Fsp3) is 0.938. The number of hydrogen-bond acceptors (Lipinski definition) is 2. The third-order valence-electron chi connectivity index (χ3n) is 5.36. The normalized spacial score (nSPS) is 24.5. The first kappa shape index (κ1) is 17.6. The summed E-state index contributed by atoms with van der Waals surface area (Å²) < 4.78 is 38.4. The van der Waals surface area contributed by atoms with Gasteiger partial charge >= 0.3 is 6.18 Å². The summed E-state index contributed by atoms with van der Waals surface area (Å²) in [4.78, 5) is 14.1. The zero-order chi connectivity index (χ0) is 16.4. The van der Waals surface area contributed by atoms with Crippen LogP contribution >= 0.6 is 0 Å². The van der Waals surface area contributed by atoms with Gasteiger partial charge in [-0.15, -0.1) is 0 Å². The van der Waals surface area contributed by atoms with E-state index >= 15 is 0 Å². The molecule has 6 heteroatoms. The van der Waals surface area contributed by atoms with Crippen LogP contribution in [0.5, 0.6) is 0 Å². The number of aliphatic hydroxyl groups is 1. The van der Waals surface area contributed by atoms with Gasteiger partial charge in [-0.05, 0) is 18.8 Å². The molecule has 128 valence electrons. The second kappa shape index (κ2) is 6.77. The number of piperidine rings is 1. The van der Waals surface area contributed by atoms with Gasteiger partial charge in [0, 0.05) is 31.8 Å². The molecule has 2 aliphatic rings. The lowest BCUT2D eigenvalue weighted by molar-refractivity contribution is -0.272. The molecule has 1 saturated carbocycles. The Hall–Kier alpha value is -0.780. The van der Waals surface area contributed by atoms with Crippen LogP contribution in [0, 0.1) is 11.8 Å². The van der Waals surface area contributed by atoms with Crippen LogP contribution in [0.25, 0.3) is 0 Å². The van der Waals surface area contributed by atoms with Gasteiger partial charge in [-0.25, -0.2) is 0 Å². The van der Waals surface area contributed by atoms with Crippen LogP contribution < -0.4 is 0 Å². The highest BCUT2D eigenvalue weighted by Crippen LogP contribution is 2.39. The summed E-state index contributed by atoms with van der Waals surface area (Å²) in [6, 6.07) is 0. The molecule has 0 bridgehead atoms. The predicted molar refractivity (Wildman–Crippen MR) is 77.2 cm³/mol. The first-order valence-electron chi connectivity index (χ1n) is 8.34. The van der Waals surface area contributed by atoms with Gasteiger partial charge < -0.3 is 10.0 Å². The van der Waals surface area contributed by atoms with Gasteiger partial charge in [0.1, 0.15) is 0 Å². The SMILES string of the molecule is CCC(CC1CCCC1)C(=O)N1CCC(O)(C(F)(F)F)CC1. The van der Waals surface area contributed by atoms with Crippen LogP contribution in [0.4, 0.5) is 13.2 Å². The Morgan fingerprint density at radius 3 is 2.27 bits per heavy atom. The summed E-state index contributed by atoms with van der Waals surface area (Å²) in [5, 5.41) is 9.67. The van der Waals surface area contributed by atoms with Gasteiger partial charge in [0.25, 0.3) is 0 Å². The van der Waals surface area contributed by atoms with E-state index in [-0.39, 0.29) is 24.9 Å². The number of carbonyl (C=O) groups excluding carboxylic acids is 1. The molecule has 1 aliphatic heterocycles. The average molecular weight is 321 g/mol. The maximum Gasteiger partial charge on any atom is 0.417 e. The van der Waals surface area contributed by atoms with Gasteiger partial charge in [-0.1, -0.05) is 32.6 Å². The summed E-state index contributed by atoms with van der Waals surface area (Å²) in [6.45, 7) is 1.96. The van der Waals surface area contributed by atoms with E-state index in [0.29, 0.717) is 5.92 Å². The van der Waals surface area contributed by atoms with Crippen LogP contribution in [-0.4, -0.2) is 40.8 Å². The van der Waals surface area contributed by atoms with Crippen molar-refractivity contribution in [2.24, 2.45) is 11.8 Å². The molecule has 0 radical (unpaired) electrons. The minimum absolute atomic E-state index is 0.00396. The first-order chi connectivity index (χ1) is 10.3. The number of halogens is 3. The number of rotatable bonds is 4. The largest absolute Gasteiger partial charge is 0.417 e. The van der Waals surface area contributed by atoms with Crippen molar-refractivity contribution in [1.29, 1.82) is 0 Å². The Morgan fingerprint density at radius 2 is 1.82 bits per heavy atom. The van der Waals surface area contributed by atoms with Gasteiger partial charge in [-0.3, -0.25) is 4.79 Å². The molecule has 1 heterocycles. The molecule has 2 rings (SSSR count). The number of amides is 1. The zero-order valence-electron chi connectivity index (χ0n) is 13.2. The molecule has 0 spiro atoms. The second-order valence-electron chi connectivity index (χ2n) is 6.85. The van der Waals surface area contributed by atoms with Crippen molar-refractivity contribution in [2.45, 2.75) is 70.1 Å². The lowest BCUT2D eigenvalue weighted by Gasteiger charge is -2.40. The molecule has 1 unspecified atom stereocenters. The Labute approximate surface area is 129 Å². The van der Waals surface area contributed by atoms with E-state index in [1.807, 2.05) is 6.92 Å². The summed E-state index contributed by atoms with van der Waals surface area (Å²) in [6.07, 6.45) is 0.912. The number of hydrogen-bond donors (Lipinski definition) is 1. The van der Waals surface area contributed by atoms with Gasteiger partial charge in [-0.2, -0.15) is 13.2 Å². The molecule has 1 saturated heterocycles. The quantitative estimate of drug-likeness (QED) is 0.861. The zero-order valence-corrected chi connectivity index (χ0v) is 13.2. The minimum Gasteiger partial charge on any atom is -0.380 e. The lowest BCUT2D eigenvalue weighted by Crippen LogP contribution is -2.55. The first-order valence-corrected chi connectivity index (χ1v) is 8.34. The molecule has 0 aromatic heterocycles. The van der Waals surface area contributed by atoms with Crippen LogP contribution in [0.2, 0.25) is 0 Å². The number of carbonyl (C=O) groups is 1. The van der Waals surface area contributed by atoms with E-state index in [9.17, 15) is 23.1 Å². The summed E-state index contributed by atoms with van der Waals surface area (Å²) in [5.41, 5.74) is -2.63. The van der Waals surface area contributed by atoms with Crippen LogP contribution in [0.1, 0.15) is 58.3 Å². The smallest absolute Gasteiger partial charge is 0.380 e. The van der Waals surface area contributed by atoms with Gasteiger partial charge in [0.15, 0.2) is 5.60 Å². The standard InChI is InChI=1S/C16H26F3NO2/c1-2-13(11-12-5-3-4-6-12)14(21)20-9-7-15(22,8-10-20)16(17,18)19/h12-13,22H,2-11H2,1H3. The van der Waals surface area contributed by atoms with Gasteiger partial charge in [0.05, 0.1) is 0 Å². The summed E-state index contributed by atoms with van der Waals surface area (Å²) in [5.74, 6) is 0.476. The summed E-state index contributed by atoms with van der Waals surface area (Å²) in [7, 11) is 0. The van der Waals surface area contributed by atoms with E-state index in [4.69, 9.17) is 0 Å². The van der Waals surface area contributed by atoms with Crippen LogP contribution in [-0.2, 0) is 4.79 Å². The monoisotopic (exact) mass is 321 g/mol. The Balaban J connectivity index is 1.90. The lowest BCUT2D eigenvalue weighted by atomic mass is 9.87. The molecule has 0 aromatic carbocycles. The van der Waals surface area contributed by atoms with E-state index < -0.39 is 24.6 Å². The van der Waals surface area contributed by atoms with Crippen molar-refractivity contribution < 1.29 is 23.1 Å². The highest BCUT2D eigenvalue weighted by atomic mass is 19.4. The molecule has 1 aliphatic carbocycles. The average Bonchev–Trinajstić information content (AvgIpc) is 2.96. The van der Waals surface area contributed by atoms with Crippen molar-refractivity contribution in [3.05, 3.63) is 0 Å².